The van der Waals surface area contributed by atoms with Gasteiger partial charge in [-0.3, -0.25) is 0 Å². The number of hydroxylamine groups is 1. The molecule has 29 heavy (non-hydrogen) atoms. The lowest BCUT2D eigenvalue weighted by Gasteiger charge is -2.24. The van der Waals surface area contributed by atoms with Gasteiger partial charge in [-0.15, -0.1) is 0 Å². The number of nitrogens with zero attached hydrogens (tertiary/aromatic N) is 4. The van der Waals surface area contributed by atoms with Crippen LogP contribution in [0.5, 0.6) is 5.88 Å². The number of aromatic nitrogens is 3. The Labute approximate surface area is 165 Å². The van der Waals surface area contributed by atoms with Crippen LogP contribution >= 0.6 is 0 Å². The highest BCUT2D eigenvalue weighted by Crippen LogP contribution is 2.30. The summed E-state index contributed by atoms with van der Waals surface area (Å²) in [4.78, 5) is 14.6. The van der Waals surface area contributed by atoms with E-state index in [0.717, 1.165) is 28.9 Å². The number of fused-ring (bicyclic) bond motifs is 1. The Morgan fingerprint density at radius 3 is 2.38 bits per heavy atom. The molecule has 0 saturated carbocycles. The highest BCUT2D eigenvalue weighted by atomic mass is 19.4. The molecule has 0 bridgehead atoms. The van der Waals surface area contributed by atoms with Gasteiger partial charge in [0.05, 0.1) is 23.2 Å². The Balaban J connectivity index is 1.65. The average molecular weight is 398 g/mol. The molecule has 5 nitrogen and oxygen atoms in total. The fraction of sp³-hybridized carbons (Fsp3) is 0.143. The molecule has 4 rings (SSSR count). The molecule has 0 aliphatic heterocycles. The van der Waals surface area contributed by atoms with Crippen LogP contribution < -0.4 is 9.90 Å². The quantitative estimate of drug-likeness (QED) is 0.445. The van der Waals surface area contributed by atoms with E-state index in [1.54, 1.807) is 5.06 Å². The summed E-state index contributed by atoms with van der Waals surface area (Å²) in [5.74, 6) is 0.367. The van der Waals surface area contributed by atoms with E-state index >= 15 is 0 Å². The number of halogens is 3. The standard InChI is InChI=1S/C21H17F3N4O/c1-27-12-11-18-19(27)25-14-26-20(18)29-28(17-5-3-2-4-6-17)13-15-7-9-16(10-8-15)21(22,23)24/h2-12,14H,13H2,1H3. The number of hydrogen-bond acceptors (Lipinski definition) is 4. The van der Waals surface area contributed by atoms with Gasteiger partial charge in [0.2, 0.25) is 0 Å². The number of hydrogen-bond donors (Lipinski definition) is 0. The van der Waals surface area contributed by atoms with Crippen molar-refractivity contribution in [3.8, 4) is 5.88 Å². The van der Waals surface area contributed by atoms with Crippen LogP contribution in [0.15, 0.2) is 73.2 Å². The lowest BCUT2D eigenvalue weighted by molar-refractivity contribution is -0.137. The van der Waals surface area contributed by atoms with E-state index in [2.05, 4.69) is 9.97 Å². The van der Waals surface area contributed by atoms with Crippen molar-refractivity contribution in [1.29, 1.82) is 0 Å². The third-order valence-electron chi connectivity index (χ3n) is 4.47. The average Bonchev–Trinajstić information content (AvgIpc) is 3.10. The number of rotatable bonds is 5. The zero-order chi connectivity index (χ0) is 20.4. The highest BCUT2D eigenvalue weighted by Gasteiger charge is 2.30. The summed E-state index contributed by atoms with van der Waals surface area (Å²) in [6.45, 7) is 0.237. The maximum absolute atomic E-state index is 12.8. The van der Waals surface area contributed by atoms with E-state index in [1.807, 2.05) is 54.2 Å². The highest BCUT2D eigenvalue weighted by molar-refractivity contribution is 5.81. The van der Waals surface area contributed by atoms with Crippen molar-refractivity contribution < 1.29 is 18.0 Å². The number of para-hydroxylation sites is 1. The molecule has 0 radical (unpaired) electrons. The molecule has 0 N–H and O–H groups in total. The maximum atomic E-state index is 12.8. The molecular weight excluding hydrogens is 381 g/mol. The third-order valence-corrected chi connectivity index (χ3v) is 4.47. The van der Waals surface area contributed by atoms with Crippen molar-refractivity contribution in [3.63, 3.8) is 0 Å². The first kappa shape index (κ1) is 18.8. The fourth-order valence-corrected chi connectivity index (χ4v) is 2.97. The Kier molecular flexibility index (Phi) is 4.84. The Morgan fingerprint density at radius 2 is 1.69 bits per heavy atom. The Morgan fingerprint density at radius 1 is 0.966 bits per heavy atom. The first-order chi connectivity index (χ1) is 13.9. The lowest BCUT2D eigenvalue weighted by atomic mass is 10.1. The van der Waals surface area contributed by atoms with E-state index in [0.29, 0.717) is 11.4 Å². The fourth-order valence-electron chi connectivity index (χ4n) is 2.97. The molecule has 0 saturated heterocycles. The smallest absolute Gasteiger partial charge is 0.358 e. The number of aryl methyl sites for hydroxylation is 1. The largest absolute Gasteiger partial charge is 0.416 e. The predicted octanol–water partition coefficient (Wildman–Crippen LogP) is 4.99. The number of anilines is 1. The molecule has 2 heterocycles. The Hall–Kier alpha value is -3.55. The van der Waals surface area contributed by atoms with Gasteiger partial charge in [-0.25, -0.2) is 10.0 Å². The molecule has 0 fully saturated rings. The summed E-state index contributed by atoms with van der Waals surface area (Å²) < 4.78 is 40.4. The molecule has 2 aromatic carbocycles. The minimum atomic E-state index is -4.37. The molecule has 0 atom stereocenters. The van der Waals surface area contributed by atoms with Gasteiger partial charge < -0.3 is 9.40 Å². The molecule has 0 aliphatic carbocycles. The van der Waals surface area contributed by atoms with E-state index in [1.165, 1.54) is 18.5 Å². The first-order valence-corrected chi connectivity index (χ1v) is 8.84. The van der Waals surface area contributed by atoms with Crippen molar-refractivity contribution in [2.24, 2.45) is 7.05 Å². The summed E-state index contributed by atoms with van der Waals surface area (Å²) in [6.07, 6.45) is -1.10. The molecule has 0 amide bonds. The zero-order valence-corrected chi connectivity index (χ0v) is 15.5. The first-order valence-electron chi connectivity index (χ1n) is 8.84. The topological polar surface area (TPSA) is 43.2 Å². The zero-order valence-electron chi connectivity index (χ0n) is 15.5. The minimum Gasteiger partial charge on any atom is -0.358 e. The second kappa shape index (κ2) is 7.46. The Bertz CT molecular complexity index is 1110. The number of benzene rings is 2. The van der Waals surface area contributed by atoms with Crippen molar-refractivity contribution in [2.45, 2.75) is 12.7 Å². The second-order valence-corrected chi connectivity index (χ2v) is 6.50. The van der Waals surface area contributed by atoms with Crippen LogP contribution in [-0.2, 0) is 19.8 Å². The summed E-state index contributed by atoms with van der Waals surface area (Å²) in [7, 11) is 1.87. The van der Waals surface area contributed by atoms with Crippen LogP contribution in [-0.4, -0.2) is 14.5 Å². The lowest BCUT2D eigenvalue weighted by Crippen LogP contribution is -2.27. The van der Waals surface area contributed by atoms with Crippen molar-refractivity contribution in [3.05, 3.63) is 84.3 Å². The molecule has 0 spiro atoms. The van der Waals surface area contributed by atoms with E-state index in [9.17, 15) is 13.2 Å². The van der Waals surface area contributed by atoms with E-state index in [-0.39, 0.29) is 6.54 Å². The third kappa shape index (κ3) is 4.01. The van der Waals surface area contributed by atoms with Crippen LogP contribution in [0.4, 0.5) is 18.9 Å². The van der Waals surface area contributed by atoms with Crippen LogP contribution in [0, 0.1) is 0 Å². The van der Waals surface area contributed by atoms with Crippen molar-refractivity contribution >= 4 is 16.7 Å². The summed E-state index contributed by atoms with van der Waals surface area (Å²) in [5.41, 5.74) is 1.45. The van der Waals surface area contributed by atoms with Crippen molar-refractivity contribution in [2.75, 3.05) is 5.06 Å². The molecule has 148 valence electrons. The van der Waals surface area contributed by atoms with Gasteiger partial charge in [-0.2, -0.15) is 18.2 Å². The molecule has 0 aliphatic rings. The van der Waals surface area contributed by atoms with Gasteiger partial charge in [0.25, 0.3) is 5.88 Å². The van der Waals surface area contributed by atoms with Gasteiger partial charge in [0.15, 0.2) is 0 Å². The summed E-state index contributed by atoms with van der Waals surface area (Å²) in [6, 6.07) is 16.2. The van der Waals surface area contributed by atoms with Crippen LogP contribution in [0.25, 0.3) is 11.0 Å². The molecular formula is C21H17F3N4O. The number of alkyl halides is 3. The summed E-state index contributed by atoms with van der Waals surface area (Å²) in [5, 5.41) is 2.33. The van der Waals surface area contributed by atoms with Crippen LogP contribution in [0.2, 0.25) is 0 Å². The van der Waals surface area contributed by atoms with E-state index < -0.39 is 11.7 Å². The molecule has 2 aromatic heterocycles. The van der Waals surface area contributed by atoms with E-state index in [4.69, 9.17) is 4.84 Å². The van der Waals surface area contributed by atoms with Gasteiger partial charge >= 0.3 is 6.18 Å². The van der Waals surface area contributed by atoms with Gasteiger partial charge in [-0.05, 0) is 35.9 Å². The minimum absolute atomic E-state index is 0.237. The molecule has 8 heteroatoms. The van der Waals surface area contributed by atoms with Crippen LogP contribution in [0.3, 0.4) is 0 Å². The predicted molar refractivity (Wildman–Crippen MR) is 103 cm³/mol. The monoisotopic (exact) mass is 398 g/mol. The molecule has 4 aromatic rings. The van der Waals surface area contributed by atoms with Gasteiger partial charge in [-0.1, -0.05) is 30.3 Å². The maximum Gasteiger partial charge on any atom is 0.416 e. The SMILES string of the molecule is Cn1ccc2c(ON(Cc3ccc(C(F)(F)F)cc3)c3ccccc3)ncnc21. The van der Waals surface area contributed by atoms with Crippen LogP contribution in [0.1, 0.15) is 11.1 Å². The van der Waals surface area contributed by atoms with Gasteiger partial charge in [0.1, 0.15) is 12.0 Å². The second-order valence-electron chi connectivity index (χ2n) is 6.50. The normalized spacial score (nSPS) is 11.6. The molecule has 0 unspecified atom stereocenters. The van der Waals surface area contributed by atoms with Gasteiger partial charge in [0, 0.05) is 13.2 Å². The van der Waals surface area contributed by atoms with Crippen molar-refractivity contribution in [1.82, 2.24) is 14.5 Å². The summed E-state index contributed by atoms with van der Waals surface area (Å²) >= 11 is 0.